The average molecular weight is 235 g/mol. The summed E-state index contributed by atoms with van der Waals surface area (Å²) in [6.07, 6.45) is 0.805. The van der Waals surface area contributed by atoms with Crippen LogP contribution in [0.1, 0.15) is 34.1 Å². The zero-order chi connectivity index (χ0) is 11.6. The fourth-order valence-corrected chi connectivity index (χ4v) is 3.30. The van der Waals surface area contributed by atoms with Gasteiger partial charge < -0.3 is 4.74 Å². The van der Waals surface area contributed by atoms with Gasteiger partial charge in [-0.05, 0) is 27.2 Å². The number of morpholine rings is 1. The van der Waals surface area contributed by atoms with Crippen molar-refractivity contribution in [2.45, 2.75) is 51.5 Å². The number of hydrogen-bond donors (Lipinski definition) is 0. The SMILES string of the molecule is CCC1COC(C)CN1S(=O)(=O)C(C)C. The van der Waals surface area contributed by atoms with E-state index in [9.17, 15) is 8.42 Å². The van der Waals surface area contributed by atoms with E-state index in [1.807, 2.05) is 13.8 Å². The maximum Gasteiger partial charge on any atom is 0.216 e. The lowest BCUT2D eigenvalue weighted by atomic mass is 10.2. The van der Waals surface area contributed by atoms with Crippen LogP contribution in [0, 0.1) is 0 Å². The van der Waals surface area contributed by atoms with Crippen LogP contribution in [0.2, 0.25) is 0 Å². The molecule has 1 aliphatic heterocycles. The molecule has 15 heavy (non-hydrogen) atoms. The van der Waals surface area contributed by atoms with Gasteiger partial charge in [0, 0.05) is 12.6 Å². The maximum atomic E-state index is 12.1. The predicted octanol–water partition coefficient (Wildman–Crippen LogP) is 1.22. The summed E-state index contributed by atoms with van der Waals surface area (Å²) in [4.78, 5) is 0. The zero-order valence-corrected chi connectivity index (χ0v) is 10.8. The van der Waals surface area contributed by atoms with Crippen molar-refractivity contribution in [3.05, 3.63) is 0 Å². The van der Waals surface area contributed by atoms with E-state index in [1.165, 1.54) is 0 Å². The first-order chi connectivity index (χ1) is 6.89. The van der Waals surface area contributed by atoms with E-state index < -0.39 is 10.0 Å². The molecule has 0 spiro atoms. The number of sulfonamides is 1. The molecule has 1 rings (SSSR count). The molecule has 0 aliphatic carbocycles. The summed E-state index contributed by atoms with van der Waals surface area (Å²) in [5, 5.41) is -0.350. The Morgan fingerprint density at radius 1 is 1.47 bits per heavy atom. The lowest BCUT2D eigenvalue weighted by molar-refractivity contribution is -0.0232. The van der Waals surface area contributed by atoms with Crippen LogP contribution >= 0.6 is 0 Å². The largest absolute Gasteiger partial charge is 0.375 e. The van der Waals surface area contributed by atoms with E-state index in [-0.39, 0.29) is 17.4 Å². The van der Waals surface area contributed by atoms with Crippen LogP contribution in [0.3, 0.4) is 0 Å². The van der Waals surface area contributed by atoms with Gasteiger partial charge in [-0.15, -0.1) is 0 Å². The summed E-state index contributed by atoms with van der Waals surface area (Å²) >= 11 is 0. The molecule has 0 radical (unpaired) electrons. The molecule has 5 heteroatoms. The Kier molecular flexibility index (Phi) is 4.14. The van der Waals surface area contributed by atoms with Gasteiger partial charge in [-0.2, -0.15) is 4.31 Å². The minimum atomic E-state index is -3.14. The number of rotatable bonds is 3. The van der Waals surface area contributed by atoms with E-state index in [1.54, 1.807) is 18.2 Å². The highest BCUT2D eigenvalue weighted by Gasteiger charge is 2.35. The van der Waals surface area contributed by atoms with Gasteiger partial charge >= 0.3 is 0 Å². The van der Waals surface area contributed by atoms with Crippen LogP contribution in [0.5, 0.6) is 0 Å². The molecule has 2 atom stereocenters. The molecular formula is C10H21NO3S. The molecule has 1 heterocycles. The van der Waals surface area contributed by atoms with Crippen molar-refractivity contribution in [1.29, 1.82) is 0 Å². The second-order valence-corrected chi connectivity index (χ2v) is 6.81. The lowest BCUT2D eigenvalue weighted by Crippen LogP contribution is -2.53. The van der Waals surface area contributed by atoms with Crippen molar-refractivity contribution in [2.24, 2.45) is 0 Å². The van der Waals surface area contributed by atoms with Crippen LogP contribution in [0.15, 0.2) is 0 Å². The number of hydrogen-bond acceptors (Lipinski definition) is 3. The van der Waals surface area contributed by atoms with Crippen molar-refractivity contribution >= 4 is 10.0 Å². The van der Waals surface area contributed by atoms with Crippen molar-refractivity contribution in [2.75, 3.05) is 13.2 Å². The first-order valence-corrected chi connectivity index (χ1v) is 7.02. The summed E-state index contributed by atoms with van der Waals surface area (Å²) in [6.45, 7) is 8.36. The topological polar surface area (TPSA) is 46.6 Å². The molecule has 0 amide bonds. The smallest absolute Gasteiger partial charge is 0.216 e. The van der Waals surface area contributed by atoms with Gasteiger partial charge in [0.2, 0.25) is 10.0 Å². The van der Waals surface area contributed by atoms with E-state index in [0.717, 1.165) is 6.42 Å². The fourth-order valence-electron chi connectivity index (χ4n) is 1.72. The Bertz CT molecular complexity index is 300. The van der Waals surface area contributed by atoms with Crippen molar-refractivity contribution in [3.63, 3.8) is 0 Å². The molecule has 0 aromatic rings. The van der Waals surface area contributed by atoms with Crippen LogP contribution < -0.4 is 0 Å². The summed E-state index contributed by atoms with van der Waals surface area (Å²) in [5.74, 6) is 0. The molecule has 0 aromatic heterocycles. The minimum absolute atomic E-state index is 0.00123. The predicted molar refractivity (Wildman–Crippen MR) is 60.3 cm³/mol. The molecule has 0 saturated carbocycles. The molecule has 0 bridgehead atoms. The van der Waals surface area contributed by atoms with Crippen molar-refractivity contribution in [1.82, 2.24) is 4.31 Å². The molecule has 0 aromatic carbocycles. The third kappa shape index (κ3) is 2.71. The molecule has 1 fully saturated rings. The van der Waals surface area contributed by atoms with Gasteiger partial charge in [0.15, 0.2) is 0 Å². The molecule has 4 nitrogen and oxygen atoms in total. The van der Waals surface area contributed by atoms with Crippen LogP contribution in [-0.4, -0.2) is 43.3 Å². The summed E-state index contributed by atoms with van der Waals surface area (Å²) in [6, 6.07) is 0.00796. The lowest BCUT2D eigenvalue weighted by Gasteiger charge is -2.38. The monoisotopic (exact) mass is 235 g/mol. The molecule has 0 N–H and O–H groups in total. The number of ether oxygens (including phenoxy) is 1. The first-order valence-electron chi connectivity index (χ1n) is 5.51. The third-order valence-electron chi connectivity index (χ3n) is 2.81. The second kappa shape index (κ2) is 4.80. The van der Waals surface area contributed by atoms with Crippen molar-refractivity contribution in [3.8, 4) is 0 Å². The third-order valence-corrected chi connectivity index (χ3v) is 5.10. The van der Waals surface area contributed by atoms with E-state index in [0.29, 0.717) is 13.2 Å². The van der Waals surface area contributed by atoms with E-state index in [2.05, 4.69) is 0 Å². The Balaban J connectivity index is 2.89. The van der Waals surface area contributed by atoms with Crippen LogP contribution in [0.4, 0.5) is 0 Å². The maximum absolute atomic E-state index is 12.1. The molecule has 1 saturated heterocycles. The quantitative estimate of drug-likeness (QED) is 0.739. The molecule has 90 valence electrons. The van der Waals surface area contributed by atoms with Gasteiger partial charge in [0.25, 0.3) is 0 Å². The Morgan fingerprint density at radius 3 is 2.53 bits per heavy atom. The van der Waals surface area contributed by atoms with Crippen molar-refractivity contribution < 1.29 is 13.2 Å². The van der Waals surface area contributed by atoms with Crippen LogP contribution in [0.25, 0.3) is 0 Å². The highest BCUT2D eigenvalue weighted by atomic mass is 32.2. The van der Waals surface area contributed by atoms with E-state index in [4.69, 9.17) is 4.74 Å². The highest BCUT2D eigenvalue weighted by Crippen LogP contribution is 2.20. The zero-order valence-electron chi connectivity index (χ0n) is 9.93. The Labute approximate surface area is 92.7 Å². The molecule has 2 unspecified atom stereocenters. The normalized spacial score (nSPS) is 29.7. The Hall–Kier alpha value is -0.130. The molecule has 1 aliphatic rings. The Morgan fingerprint density at radius 2 is 2.07 bits per heavy atom. The summed E-state index contributed by atoms with van der Waals surface area (Å²) < 4.78 is 31.2. The van der Waals surface area contributed by atoms with Crippen LogP contribution in [-0.2, 0) is 14.8 Å². The summed E-state index contributed by atoms with van der Waals surface area (Å²) in [5.41, 5.74) is 0. The second-order valence-electron chi connectivity index (χ2n) is 4.37. The van der Waals surface area contributed by atoms with Gasteiger partial charge in [0.1, 0.15) is 0 Å². The van der Waals surface area contributed by atoms with Gasteiger partial charge in [0.05, 0.1) is 18.0 Å². The number of nitrogens with zero attached hydrogens (tertiary/aromatic N) is 1. The standard InChI is InChI=1S/C10H21NO3S/c1-5-10-7-14-9(4)6-11(10)15(12,13)8(2)3/h8-10H,5-7H2,1-4H3. The van der Waals surface area contributed by atoms with Gasteiger partial charge in [-0.3, -0.25) is 0 Å². The van der Waals surface area contributed by atoms with E-state index >= 15 is 0 Å². The van der Waals surface area contributed by atoms with Gasteiger partial charge in [-0.1, -0.05) is 6.92 Å². The molecular weight excluding hydrogens is 214 g/mol. The summed E-state index contributed by atoms with van der Waals surface area (Å²) in [7, 11) is -3.14. The first kappa shape index (κ1) is 12.9. The minimum Gasteiger partial charge on any atom is -0.375 e. The average Bonchev–Trinajstić information content (AvgIpc) is 2.17. The van der Waals surface area contributed by atoms with Gasteiger partial charge in [-0.25, -0.2) is 8.42 Å². The fraction of sp³-hybridized carbons (Fsp3) is 1.00. The highest BCUT2D eigenvalue weighted by molar-refractivity contribution is 7.89.